The molecule has 0 aliphatic carbocycles. The third-order valence-corrected chi connectivity index (χ3v) is 3.86. The Labute approximate surface area is 134 Å². The standard InChI is InChI=1S/C18H18N2O3/c1-12-13(18(21)23-3)7-6-10-15(12)20-16-9-5-4-8-14(16)19-17(20)11-22-2/h4-10H,11H2,1-3H3. The molecular weight excluding hydrogens is 292 g/mol. The summed E-state index contributed by atoms with van der Waals surface area (Å²) in [5.41, 5.74) is 4.16. The van der Waals surface area contributed by atoms with E-state index in [1.165, 1.54) is 7.11 Å². The molecular formula is C18H18N2O3. The van der Waals surface area contributed by atoms with Gasteiger partial charge < -0.3 is 9.47 Å². The molecule has 23 heavy (non-hydrogen) atoms. The van der Waals surface area contributed by atoms with Crippen LogP contribution in [0.15, 0.2) is 42.5 Å². The van der Waals surface area contributed by atoms with Gasteiger partial charge in [-0.2, -0.15) is 0 Å². The van der Waals surface area contributed by atoms with E-state index in [4.69, 9.17) is 9.47 Å². The normalized spacial score (nSPS) is 10.9. The number of fused-ring (bicyclic) bond motifs is 1. The molecule has 0 spiro atoms. The Hall–Kier alpha value is -2.66. The van der Waals surface area contributed by atoms with Crippen molar-refractivity contribution in [2.75, 3.05) is 14.2 Å². The summed E-state index contributed by atoms with van der Waals surface area (Å²) >= 11 is 0. The molecule has 118 valence electrons. The van der Waals surface area contributed by atoms with Crippen molar-refractivity contribution in [3.8, 4) is 5.69 Å². The van der Waals surface area contributed by atoms with Crippen molar-refractivity contribution in [3.05, 3.63) is 59.4 Å². The number of hydrogen-bond acceptors (Lipinski definition) is 4. The number of benzene rings is 2. The van der Waals surface area contributed by atoms with Crippen molar-refractivity contribution in [2.24, 2.45) is 0 Å². The minimum Gasteiger partial charge on any atom is -0.465 e. The number of ether oxygens (including phenoxy) is 2. The number of methoxy groups -OCH3 is 2. The van der Waals surface area contributed by atoms with Crippen molar-refractivity contribution in [1.29, 1.82) is 0 Å². The molecule has 0 saturated heterocycles. The molecule has 2 aromatic carbocycles. The predicted molar refractivity (Wildman–Crippen MR) is 87.9 cm³/mol. The van der Waals surface area contributed by atoms with Gasteiger partial charge in [-0.3, -0.25) is 4.57 Å². The van der Waals surface area contributed by atoms with Gasteiger partial charge in [0, 0.05) is 7.11 Å². The summed E-state index contributed by atoms with van der Waals surface area (Å²) in [4.78, 5) is 16.6. The number of carbonyl (C=O) groups excluding carboxylic acids is 1. The molecule has 0 bridgehead atoms. The van der Waals surface area contributed by atoms with Gasteiger partial charge in [-0.15, -0.1) is 0 Å². The third-order valence-electron chi connectivity index (χ3n) is 3.86. The van der Waals surface area contributed by atoms with E-state index >= 15 is 0 Å². The molecule has 5 nitrogen and oxygen atoms in total. The topological polar surface area (TPSA) is 53.4 Å². The molecule has 0 amide bonds. The molecule has 1 heterocycles. The molecule has 0 fully saturated rings. The highest BCUT2D eigenvalue weighted by Crippen LogP contribution is 2.26. The number of para-hydroxylation sites is 2. The van der Waals surface area contributed by atoms with Gasteiger partial charge in [0.15, 0.2) is 0 Å². The van der Waals surface area contributed by atoms with Gasteiger partial charge in [0.05, 0.1) is 29.4 Å². The molecule has 0 aliphatic heterocycles. The van der Waals surface area contributed by atoms with Crippen LogP contribution in [0.5, 0.6) is 0 Å². The smallest absolute Gasteiger partial charge is 0.338 e. The number of esters is 1. The lowest BCUT2D eigenvalue weighted by Crippen LogP contribution is -2.09. The van der Waals surface area contributed by atoms with Crippen molar-refractivity contribution < 1.29 is 14.3 Å². The lowest BCUT2D eigenvalue weighted by atomic mass is 10.1. The van der Waals surface area contributed by atoms with Gasteiger partial charge in [-0.05, 0) is 36.8 Å². The fraction of sp³-hybridized carbons (Fsp3) is 0.222. The summed E-state index contributed by atoms with van der Waals surface area (Å²) in [6, 6.07) is 13.5. The lowest BCUT2D eigenvalue weighted by molar-refractivity contribution is 0.0600. The van der Waals surface area contributed by atoms with Gasteiger partial charge in [-0.1, -0.05) is 18.2 Å². The van der Waals surface area contributed by atoms with E-state index in [9.17, 15) is 4.79 Å². The number of imidazole rings is 1. The van der Waals surface area contributed by atoms with Crippen LogP contribution in [-0.2, 0) is 16.1 Å². The van der Waals surface area contributed by atoms with Gasteiger partial charge in [-0.25, -0.2) is 9.78 Å². The highest BCUT2D eigenvalue weighted by Gasteiger charge is 2.17. The van der Waals surface area contributed by atoms with Gasteiger partial charge >= 0.3 is 5.97 Å². The Morgan fingerprint density at radius 1 is 1.13 bits per heavy atom. The van der Waals surface area contributed by atoms with Crippen LogP contribution in [-0.4, -0.2) is 29.7 Å². The maximum absolute atomic E-state index is 12.0. The quantitative estimate of drug-likeness (QED) is 0.694. The van der Waals surface area contributed by atoms with Crippen molar-refractivity contribution in [1.82, 2.24) is 9.55 Å². The third kappa shape index (κ3) is 2.59. The average Bonchev–Trinajstić information content (AvgIpc) is 2.93. The monoisotopic (exact) mass is 310 g/mol. The molecule has 5 heteroatoms. The van der Waals surface area contributed by atoms with Gasteiger partial charge in [0.1, 0.15) is 12.4 Å². The molecule has 0 N–H and O–H groups in total. The van der Waals surface area contributed by atoms with Crippen LogP contribution in [0.2, 0.25) is 0 Å². The molecule has 0 atom stereocenters. The summed E-state index contributed by atoms with van der Waals surface area (Å²) in [7, 11) is 3.03. The van der Waals surface area contributed by atoms with Crippen LogP contribution >= 0.6 is 0 Å². The molecule has 3 aromatic rings. The average molecular weight is 310 g/mol. The van der Waals surface area contributed by atoms with Crippen LogP contribution in [0.25, 0.3) is 16.7 Å². The maximum Gasteiger partial charge on any atom is 0.338 e. The van der Waals surface area contributed by atoms with Crippen LogP contribution in [0.3, 0.4) is 0 Å². The van der Waals surface area contributed by atoms with Crippen LogP contribution < -0.4 is 0 Å². The Bertz CT molecular complexity index is 868. The van der Waals surface area contributed by atoms with E-state index in [-0.39, 0.29) is 5.97 Å². The second-order valence-corrected chi connectivity index (χ2v) is 5.23. The second kappa shape index (κ2) is 6.22. The van der Waals surface area contributed by atoms with Crippen molar-refractivity contribution >= 4 is 17.0 Å². The Kier molecular flexibility index (Phi) is 4.12. The SMILES string of the molecule is COCc1nc2ccccc2n1-c1cccc(C(=O)OC)c1C. The van der Waals surface area contributed by atoms with E-state index in [1.54, 1.807) is 13.2 Å². The van der Waals surface area contributed by atoms with Crippen molar-refractivity contribution in [3.63, 3.8) is 0 Å². The largest absolute Gasteiger partial charge is 0.465 e. The Morgan fingerprint density at radius 2 is 1.91 bits per heavy atom. The Morgan fingerprint density at radius 3 is 2.65 bits per heavy atom. The highest BCUT2D eigenvalue weighted by atomic mass is 16.5. The second-order valence-electron chi connectivity index (χ2n) is 5.23. The number of carbonyl (C=O) groups is 1. The van der Waals surface area contributed by atoms with Crippen LogP contribution in [0.4, 0.5) is 0 Å². The lowest BCUT2D eigenvalue weighted by Gasteiger charge is -2.14. The summed E-state index contributed by atoms with van der Waals surface area (Å²) in [5, 5.41) is 0. The predicted octanol–water partition coefficient (Wildman–Crippen LogP) is 3.27. The summed E-state index contributed by atoms with van der Waals surface area (Å²) < 4.78 is 12.2. The molecule has 3 rings (SSSR count). The molecule has 0 unspecified atom stereocenters. The van der Waals surface area contributed by atoms with Crippen LogP contribution in [0.1, 0.15) is 21.7 Å². The zero-order chi connectivity index (χ0) is 16.4. The Balaban J connectivity index is 2.28. The molecule has 0 saturated carbocycles. The highest BCUT2D eigenvalue weighted by molar-refractivity contribution is 5.92. The van der Waals surface area contributed by atoms with Gasteiger partial charge in [0.25, 0.3) is 0 Å². The first-order valence-electron chi connectivity index (χ1n) is 7.31. The number of hydrogen-bond donors (Lipinski definition) is 0. The van der Waals surface area contributed by atoms with E-state index in [1.807, 2.05) is 47.9 Å². The van der Waals surface area contributed by atoms with Gasteiger partial charge in [0.2, 0.25) is 0 Å². The fourth-order valence-electron chi connectivity index (χ4n) is 2.77. The summed E-state index contributed by atoms with van der Waals surface area (Å²) in [6.07, 6.45) is 0. The fourth-order valence-corrected chi connectivity index (χ4v) is 2.77. The van der Waals surface area contributed by atoms with E-state index in [0.29, 0.717) is 12.2 Å². The number of rotatable bonds is 4. The summed E-state index contributed by atoms with van der Waals surface area (Å²) in [5.74, 6) is 0.445. The first-order chi connectivity index (χ1) is 11.2. The van der Waals surface area contributed by atoms with E-state index in [2.05, 4.69) is 4.98 Å². The zero-order valence-corrected chi connectivity index (χ0v) is 13.4. The first-order valence-corrected chi connectivity index (χ1v) is 7.31. The molecule has 0 aliphatic rings. The number of aromatic nitrogens is 2. The summed E-state index contributed by atoms with van der Waals surface area (Å²) in [6.45, 7) is 2.30. The zero-order valence-electron chi connectivity index (χ0n) is 13.4. The van der Waals surface area contributed by atoms with Crippen LogP contribution in [0, 0.1) is 6.92 Å². The molecule has 0 radical (unpaired) electrons. The minimum absolute atomic E-state index is 0.345. The molecule has 1 aromatic heterocycles. The minimum atomic E-state index is -0.345. The first kappa shape index (κ1) is 15.2. The maximum atomic E-state index is 12.0. The van der Waals surface area contributed by atoms with E-state index < -0.39 is 0 Å². The number of nitrogens with zero attached hydrogens (tertiary/aromatic N) is 2. The van der Waals surface area contributed by atoms with Crippen molar-refractivity contribution in [2.45, 2.75) is 13.5 Å². The van der Waals surface area contributed by atoms with E-state index in [0.717, 1.165) is 28.1 Å².